The molecular formula is C16H15FN4O3. The highest BCUT2D eigenvalue weighted by Gasteiger charge is 2.07. The summed E-state index contributed by atoms with van der Waals surface area (Å²) in [6.07, 6.45) is 3.17. The molecule has 0 aliphatic carbocycles. The van der Waals surface area contributed by atoms with E-state index in [4.69, 9.17) is 9.15 Å². The highest BCUT2D eigenvalue weighted by molar-refractivity contribution is 5.75. The highest BCUT2D eigenvalue weighted by atomic mass is 19.1. The number of nitrogens with zero attached hydrogens (tertiary/aromatic N) is 3. The summed E-state index contributed by atoms with van der Waals surface area (Å²) >= 11 is 0. The third-order valence-corrected chi connectivity index (χ3v) is 3.13. The minimum atomic E-state index is -0.325. The predicted octanol–water partition coefficient (Wildman–Crippen LogP) is 1.91. The van der Waals surface area contributed by atoms with E-state index in [2.05, 4.69) is 15.6 Å². The summed E-state index contributed by atoms with van der Waals surface area (Å²) in [5, 5.41) is 10.5. The van der Waals surface area contributed by atoms with E-state index in [1.807, 2.05) is 0 Å². The number of hydrogen-bond acceptors (Lipinski definition) is 5. The maximum absolute atomic E-state index is 12.8. The molecule has 0 saturated heterocycles. The smallest absolute Gasteiger partial charge is 0.242 e. The van der Waals surface area contributed by atoms with E-state index in [9.17, 15) is 9.18 Å². The van der Waals surface area contributed by atoms with Crippen molar-refractivity contribution in [3.05, 3.63) is 66.1 Å². The van der Waals surface area contributed by atoms with Crippen LogP contribution in [0.5, 0.6) is 5.75 Å². The fourth-order valence-corrected chi connectivity index (χ4v) is 1.97. The van der Waals surface area contributed by atoms with Crippen LogP contribution in [0.1, 0.15) is 11.5 Å². The summed E-state index contributed by atoms with van der Waals surface area (Å²) in [4.78, 5) is 11.8. The third kappa shape index (κ3) is 4.42. The average molecular weight is 330 g/mol. The van der Waals surface area contributed by atoms with Gasteiger partial charge in [0.15, 0.2) is 0 Å². The Balaban J connectivity index is 1.46. The van der Waals surface area contributed by atoms with Crippen LogP contribution in [0, 0.1) is 5.82 Å². The van der Waals surface area contributed by atoms with Crippen LogP contribution in [0.25, 0.3) is 0 Å². The second-order valence-corrected chi connectivity index (χ2v) is 5.01. The summed E-state index contributed by atoms with van der Waals surface area (Å²) in [7, 11) is 0. The molecule has 124 valence electrons. The van der Waals surface area contributed by atoms with Crippen molar-refractivity contribution in [3.63, 3.8) is 0 Å². The molecular weight excluding hydrogens is 315 g/mol. The van der Waals surface area contributed by atoms with E-state index in [0.717, 1.165) is 0 Å². The van der Waals surface area contributed by atoms with Gasteiger partial charge in [-0.05, 0) is 36.4 Å². The number of carbonyl (C=O) groups is 1. The van der Waals surface area contributed by atoms with Crippen molar-refractivity contribution >= 4 is 5.91 Å². The largest absolute Gasteiger partial charge is 0.487 e. The van der Waals surface area contributed by atoms with E-state index in [1.54, 1.807) is 24.6 Å². The number of aromatic nitrogens is 3. The molecule has 24 heavy (non-hydrogen) atoms. The number of ether oxygens (including phenoxy) is 1. The van der Waals surface area contributed by atoms with Gasteiger partial charge in [-0.2, -0.15) is 0 Å². The zero-order valence-electron chi connectivity index (χ0n) is 12.7. The van der Waals surface area contributed by atoms with E-state index >= 15 is 0 Å². The lowest BCUT2D eigenvalue weighted by molar-refractivity contribution is -0.122. The summed E-state index contributed by atoms with van der Waals surface area (Å²) in [6.45, 7) is 0.547. The Morgan fingerprint density at radius 1 is 1.29 bits per heavy atom. The summed E-state index contributed by atoms with van der Waals surface area (Å²) < 4.78 is 24.8. The van der Waals surface area contributed by atoms with Crippen molar-refractivity contribution in [2.45, 2.75) is 19.7 Å². The van der Waals surface area contributed by atoms with Gasteiger partial charge in [-0.25, -0.2) is 9.07 Å². The van der Waals surface area contributed by atoms with Gasteiger partial charge in [0.05, 0.1) is 19.0 Å². The first kappa shape index (κ1) is 15.7. The molecule has 0 aliphatic heterocycles. The number of rotatable bonds is 7. The molecule has 1 amide bonds. The Labute approximate surface area is 137 Å². The highest BCUT2D eigenvalue weighted by Crippen LogP contribution is 2.12. The van der Waals surface area contributed by atoms with Crippen molar-refractivity contribution in [2.75, 3.05) is 0 Å². The molecule has 0 radical (unpaired) electrons. The zero-order chi connectivity index (χ0) is 16.8. The van der Waals surface area contributed by atoms with E-state index in [0.29, 0.717) is 23.7 Å². The molecule has 1 N–H and O–H groups in total. The van der Waals surface area contributed by atoms with Crippen LogP contribution < -0.4 is 10.1 Å². The van der Waals surface area contributed by atoms with Crippen LogP contribution in [0.3, 0.4) is 0 Å². The second kappa shape index (κ2) is 7.40. The summed E-state index contributed by atoms with van der Waals surface area (Å²) in [5.41, 5.74) is 0.568. The minimum absolute atomic E-state index is 0.0459. The van der Waals surface area contributed by atoms with E-state index in [1.165, 1.54) is 28.9 Å². The second-order valence-electron chi connectivity index (χ2n) is 5.01. The Bertz CT molecular complexity index is 784. The maximum atomic E-state index is 12.8. The first-order valence-corrected chi connectivity index (χ1v) is 7.25. The fraction of sp³-hybridized carbons (Fsp3) is 0.188. The molecule has 0 spiro atoms. The molecule has 7 nitrogen and oxygen atoms in total. The van der Waals surface area contributed by atoms with Gasteiger partial charge in [0.1, 0.15) is 36.2 Å². The molecule has 1 aromatic carbocycles. The first-order valence-electron chi connectivity index (χ1n) is 7.25. The van der Waals surface area contributed by atoms with Gasteiger partial charge in [0.2, 0.25) is 5.91 Å². The predicted molar refractivity (Wildman–Crippen MR) is 81.3 cm³/mol. The van der Waals surface area contributed by atoms with Gasteiger partial charge >= 0.3 is 0 Å². The van der Waals surface area contributed by atoms with E-state index in [-0.39, 0.29) is 24.9 Å². The van der Waals surface area contributed by atoms with Crippen LogP contribution in [0.4, 0.5) is 4.39 Å². The van der Waals surface area contributed by atoms with Gasteiger partial charge in [-0.3, -0.25) is 4.79 Å². The lowest BCUT2D eigenvalue weighted by atomic mass is 10.3. The SMILES string of the molecule is O=C(Cn1cc(COc2ccc(F)cc2)nn1)NCc1ccco1. The normalized spacial score (nSPS) is 10.5. The average Bonchev–Trinajstić information content (AvgIpc) is 3.24. The number of benzene rings is 1. The minimum Gasteiger partial charge on any atom is -0.487 e. The van der Waals surface area contributed by atoms with Gasteiger partial charge in [-0.1, -0.05) is 5.21 Å². The van der Waals surface area contributed by atoms with Gasteiger partial charge < -0.3 is 14.5 Å². The number of furan rings is 1. The Kier molecular flexibility index (Phi) is 4.85. The molecule has 0 fully saturated rings. The maximum Gasteiger partial charge on any atom is 0.242 e. The quantitative estimate of drug-likeness (QED) is 0.715. The van der Waals surface area contributed by atoms with Gasteiger partial charge in [0.25, 0.3) is 0 Å². The van der Waals surface area contributed by atoms with E-state index < -0.39 is 0 Å². The van der Waals surface area contributed by atoms with Gasteiger partial charge in [0, 0.05) is 0 Å². The molecule has 0 unspecified atom stereocenters. The molecule has 8 heteroatoms. The topological polar surface area (TPSA) is 82.2 Å². The molecule has 0 aliphatic rings. The van der Waals surface area contributed by atoms with Crippen LogP contribution in [0.2, 0.25) is 0 Å². The molecule has 0 saturated carbocycles. The van der Waals surface area contributed by atoms with Gasteiger partial charge in [-0.15, -0.1) is 5.10 Å². The Morgan fingerprint density at radius 3 is 2.88 bits per heavy atom. The van der Waals surface area contributed by atoms with Crippen molar-refractivity contribution in [2.24, 2.45) is 0 Å². The third-order valence-electron chi connectivity index (χ3n) is 3.13. The Morgan fingerprint density at radius 2 is 2.12 bits per heavy atom. The molecule has 3 aromatic rings. The summed E-state index contributed by atoms with van der Waals surface area (Å²) in [5.74, 6) is 0.675. The van der Waals surface area contributed by atoms with Crippen LogP contribution in [-0.4, -0.2) is 20.9 Å². The number of hydrogen-bond donors (Lipinski definition) is 1. The molecule has 0 bridgehead atoms. The zero-order valence-corrected chi connectivity index (χ0v) is 12.7. The lowest BCUT2D eigenvalue weighted by Gasteiger charge is -2.03. The van der Waals surface area contributed by atoms with Crippen LogP contribution in [0.15, 0.2) is 53.3 Å². The summed E-state index contributed by atoms with van der Waals surface area (Å²) in [6, 6.07) is 9.22. The van der Waals surface area contributed by atoms with Crippen molar-refractivity contribution < 1.29 is 18.3 Å². The molecule has 2 aromatic heterocycles. The number of amides is 1. The number of nitrogens with one attached hydrogen (secondary N) is 1. The van der Waals surface area contributed by atoms with Crippen molar-refractivity contribution in [1.82, 2.24) is 20.3 Å². The van der Waals surface area contributed by atoms with Crippen LogP contribution >= 0.6 is 0 Å². The lowest BCUT2D eigenvalue weighted by Crippen LogP contribution is -2.27. The number of halogens is 1. The Hall–Kier alpha value is -3.16. The van der Waals surface area contributed by atoms with Crippen molar-refractivity contribution in [3.8, 4) is 5.75 Å². The molecule has 3 rings (SSSR count). The van der Waals surface area contributed by atoms with Crippen LogP contribution in [-0.2, 0) is 24.5 Å². The standard InChI is InChI=1S/C16H15FN4O3/c17-12-3-5-14(6-4-12)24-11-13-9-21(20-19-13)10-16(22)18-8-15-2-1-7-23-15/h1-7,9H,8,10-11H2,(H,18,22). The molecule has 2 heterocycles. The monoisotopic (exact) mass is 330 g/mol. The molecule has 0 atom stereocenters. The number of carbonyl (C=O) groups excluding carboxylic acids is 1. The fourth-order valence-electron chi connectivity index (χ4n) is 1.97. The van der Waals surface area contributed by atoms with Crippen molar-refractivity contribution in [1.29, 1.82) is 0 Å². The first-order chi connectivity index (χ1) is 11.7.